The number of aryl methyl sites for hydroxylation is 1. The lowest BCUT2D eigenvalue weighted by atomic mass is 10.0. The lowest BCUT2D eigenvalue weighted by Gasteiger charge is -2.08. The minimum absolute atomic E-state index is 0.234. The third-order valence-electron chi connectivity index (χ3n) is 2.45. The summed E-state index contributed by atoms with van der Waals surface area (Å²) in [7, 11) is 0. The number of hydrogen-bond acceptors (Lipinski definition) is 3. The van der Waals surface area contributed by atoms with Gasteiger partial charge in [0.25, 0.3) is 5.91 Å². The summed E-state index contributed by atoms with van der Waals surface area (Å²) in [5.74, 6) is 5.36. The topological polar surface area (TPSA) is 110 Å². The molecule has 0 saturated carbocycles. The number of nitrogens with one attached hydrogen (secondary N) is 2. The molecule has 0 atom stereocenters. The molecule has 0 aliphatic heterocycles. The van der Waals surface area contributed by atoms with Crippen LogP contribution in [0.4, 0.5) is 4.79 Å². The van der Waals surface area contributed by atoms with Crippen LogP contribution in [0.3, 0.4) is 0 Å². The summed E-state index contributed by atoms with van der Waals surface area (Å²) in [6, 6.07) is 4.76. The van der Waals surface area contributed by atoms with Gasteiger partial charge in [0.1, 0.15) is 0 Å². The normalized spacial score (nSPS) is 9.30. The van der Waals surface area contributed by atoms with Gasteiger partial charge in [0, 0.05) is 18.7 Å². The zero-order valence-electron chi connectivity index (χ0n) is 11.3. The van der Waals surface area contributed by atoms with Gasteiger partial charge < -0.3 is 22.1 Å². The molecule has 1 rings (SSSR count). The lowest BCUT2D eigenvalue weighted by molar-refractivity contribution is 0.0953. The molecule has 0 aliphatic carbocycles. The number of benzene rings is 1. The van der Waals surface area contributed by atoms with Gasteiger partial charge in [0.2, 0.25) is 0 Å². The lowest BCUT2D eigenvalue weighted by Crippen LogP contribution is -2.37. The van der Waals surface area contributed by atoms with E-state index in [2.05, 4.69) is 22.5 Å². The monoisotopic (exact) mass is 274 g/mol. The van der Waals surface area contributed by atoms with Crippen LogP contribution in [0.1, 0.15) is 21.5 Å². The van der Waals surface area contributed by atoms with Crippen molar-refractivity contribution in [2.24, 2.45) is 11.5 Å². The van der Waals surface area contributed by atoms with Crippen molar-refractivity contribution in [2.75, 3.05) is 19.6 Å². The fourth-order valence-electron chi connectivity index (χ4n) is 1.56. The predicted molar refractivity (Wildman–Crippen MR) is 77.0 cm³/mol. The van der Waals surface area contributed by atoms with Gasteiger partial charge in [-0.3, -0.25) is 4.79 Å². The molecule has 0 fully saturated rings. The molecule has 6 nitrogen and oxygen atoms in total. The third kappa shape index (κ3) is 5.00. The molecule has 0 bridgehead atoms. The molecule has 0 unspecified atom stereocenters. The smallest absolute Gasteiger partial charge is 0.312 e. The molecule has 20 heavy (non-hydrogen) atoms. The van der Waals surface area contributed by atoms with E-state index in [-0.39, 0.29) is 19.0 Å². The fourth-order valence-corrected chi connectivity index (χ4v) is 1.56. The van der Waals surface area contributed by atoms with Crippen LogP contribution in [-0.2, 0) is 0 Å². The van der Waals surface area contributed by atoms with Gasteiger partial charge in [0.15, 0.2) is 0 Å². The minimum atomic E-state index is -0.621. The van der Waals surface area contributed by atoms with Crippen molar-refractivity contribution in [1.29, 1.82) is 0 Å². The number of amides is 3. The number of nitrogens with two attached hydrogens (primary N) is 2. The molecule has 1 aromatic rings. The molecule has 106 valence electrons. The maximum atomic E-state index is 12.0. The predicted octanol–water partition coefficient (Wildman–Crippen LogP) is -0.297. The van der Waals surface area contributed by atoms with Crippen LogP contribution < -0.4 is 22.1 Å². The second-order valence-electron chi connectivity index (χ2n) is 4.10. The van der Waals surface area contributed by atoms with Gasteiger partial charge in [-0.2, -0.15) is 0 Å². The van der Waals surface area contributed by atoms with Crippen LogP contribution in [0.5, 0.6) is 0 Å². The van der Waals surface area contributed by atoms with Gasteiger partial charge in [-0.1, -0.05) is 17.9 Å². The zero-order chi connectivity index (χ0) is 15.0. The number of primary amides is 1. The molecule has 0 aliphatic rings. The van der Waals surface area contributed by atoms with E-state index >= 15 is 0 Å². The second-order valence-corrected chi connectivity index (χ2v) is 4.10. The standard InChI is InChI=1S/C14H18N4O2/c1-10-4-5-12(11(9-10)3-2-6-15)13(19)17-7-8-18-14(16)20/h4-5,9H,6-8,15H2,1H3,(H,17,19)(H3,16,18,20). The van der Waals surface area contributed by atoms with Gasteiger partial charge >= 0.3 is 6.03 Å². The summed E-state index contributed by atoms with van der Waals surface area (Å²) in [6.45, 7) is 2.72. The Morgan fingerprint density at radius 2 is 1.95 bits per heavy atom. The zero-order valence-corrected chi connectivity index (χ0v) is 11.3. The van der Waals surface area contributed by atoms with E-state index in [4.69, 9.17) is 11.5 Å². The van der Waals surface area contributed by atoms with Crippen molar-refractivity contribution >= 4 is 11.9 Å². The van der Waals surface area contributed by atoms with Crippen LogP contribution in [0, 0.1) is 18.8 Å². The van der Waals surface area contributed by atoms with Crippen molar-refractivity contribution < 1.29 is 9.59 Å². The second kappa shape index (κ2) is 7.81. The Hall–Kier alpha value is -2.52. The first-order valence-corrected chi connectivity index (χ1v) is 6.15. The van der Waals surface area contributed by atoms with Crippen molar-refractivity contribution in [2.45, 2.75) is 6.92 Å². The Morgan fingerprint density at radius 1 is 1.25 bits per heavy atom. The molecular formula is C14H18N4O2. The first-order chi connectivity index (χ1) is 9.54. The maximum Gasteiger partial charge on any atom is 0.312 e. The summed E-state index contributed by atoms with van der Waals surface area (Å²) < 4.78 is 0. The number of hydrogen-bond donors (Lipinski definition) is 4. The Balaban J connectivity index is 2.74. The number of rotatable bonds is 4. The molecule has 3 amide bonds. The summed E-state index contributed by atoms with van der Waals surface area (Å²) in [5.41, 5.74) is 12.4. The van der Waals surface area contributed by atoms with E-state index in [9.17, 15) is 9.59 Å². The van der Waals surface area contributed by atoms with Gasteiger partial charge in [-0.25, -0.2) is 4.79 Å². The van der Waals surface area contributed by atoms with E-state index < -0.39 is 6.03 Å². The molecule has 6 heteroatoms. The largest absolute Gasteiger partial charge is 0.352 e. The number of carbonyl (C=O) groups is 2. The van der Waals surface area contributed by atoms with Crippen LogP contribution in [-0.4, -0.2) is 31.6 Å². The first kappa shape index (κ1) is 15.5. The van der Waals surface area contributed by atoms with E-state index in [1.807, 2.05) is 19.1 Å². The van der Waals surface area contributed by atoms with Crippen molar-refractivity contribution in [3.05, 3.63) is 34.9 Å². The van der Waals surface area contributed by atoms with Crippen LogP contribution in [0.2, 0.25) is 0 Å². The quantitative estimate of drug-likeness (QED) is 0.447. The van der Waals surface area contributed by atoms with Crippen LogP contribution in [0.25, 0.3) is 0 Å². The van der Waals surface area contributed by atoms with E-state index in [1.54, 1.807) is 6.07 Å². The highest BCUT2D eigenvalue weighted by Crippen LogP contribution is 2.10. The van der Waals surface area contributed by atoms with Crippen molar-refractivity contribution in [1.82, 2.24) is 10.6 Å². The van der Waals surface area contributed by atoms with Crippen molar-refractivity contribution in [3.8, 4) is 11.8 Å². The molecule has 0 radical (unpaired) electrons. The Labute approximate surface area is 117 Å². The van der Waals surface area contributed by atoms with Gasteiger partial charge in [-0.05, 0) is 24.6 Å². The number of urea groups is 1. The third-order valence-corrected chi connectivity index (χ3v) is 2.45. The van der Waals surface area contributed by atoms with E-state index in [0.29, 0.717) is 17.7 Å². The molecule has 1 aromatic carbocycles. The minimum Gasteiger partial charge on any atom is -0.352 e. The Kier molecular flexibility index (Phi) is 6.07. The molecule has 0 heterocycles. The van der Waals surface area contributed by atoms with Crippen molar-refractivity contribution in [3.63, 3.8) is 0 Å². The summed E-state index contributed by atoms with van der Waals surface area (Å²) in [5, 5.41) is 5.07. The molecule has 0 aromatic heterocycles. The summed E-state index contributed by atoms with van der Waals surface area (Å²) in [6.07, 6.45) is 0. The first-order valence-electron chi connectivity index (χ1n) is 6.15. The van der Waals surface area contributed by atoms with Gasteiger partial charge in [0.05, 0.1) is 12.1 Å². The highest BCUT2D eigenvalue weighted by molar-refractivity contribution is 5.96. The van der Waals surface area contributed by atoms with E-state index in [0.717, 1.165) is 5.56 Å². The Bertz CT molecular complexity index is 558. The highest BCUT2D eigenvalue weighted by atomic mass is 16.2. The maximum absolute atomic E-state index is 12.0. The van der Waals surface area contributed by atoms with Gasteiger partial charge in [-0.15, -0.1) is 0 Å². The number of carbonyl (C=O) groups excluding carboxylic acids is 2. The average molecular weight is 274 g/mol. The Morgan fingerprint density at radius 3 is 2.60 bits per heavy atom. The van der Waals surface area contributed by atoms with Crippen LogP contribution >= 0.6 is 0 Å². The molecule has 0 saturated heterocycles. The molecule has 0 spiro atoms. The summed E-state index contributed by atoms with van der Waals surface area (Å²) >= 11 is 0. The average Bonchev–Trinajstić information content (AvgIpc) is 2.41. The van der Waals surface area contributed by atoms with Crippen LogP contribution in [0.15, 0.2) is 18.2 Å². The fraction of sp³-hybridized carbons (Fsp3) is 0.286. The molecular weight excluding hydrogens is 256 g/mol. The SMILES string of the molecule is Cc1ccc(C(=O)NCCNC(N)=O)c(C#CCN)c1. The summed E-state index contributed by atoms with van der Waals surface area (Å²) in [4.78, 5) is 22.5. The van der Waals surface area contributed by atoms with E-state index in [1.165, 1.54) is 0 Å². The highest BCUT2D eigenvalue weighted by Gasteiger charge is 2.09. The molecule has 6 N–H and O–H groups in total.